The molecular formula is C11H17B. The highest BCUT2D eigenvalue weighted by atomic mass is 14.0. The van der Waals surface area contributed by atoms with Crippen molar-refractivity contribution in [3.63, 3.8) is 0 Å². The van der Waals surface area contributed by atoms with E-state index in [2.05, 4.69) is 51.8 Å². The predicted octanol–water partition coefficient (Wildman–Crippen LogP) is 2.77. The molecule has 1 heteroatoms. The van der Waals surface area contributed by atoms with E-state index in [1.165, 1.54) is 11.0 Å². The van der Waals surface area contributed by atoms with Crippen molar-refractivity contribution < 1.29 is 0 Å². The van der Waals surface area contributed by atoms with Gasteiger partial charge in [-0.2, -0.15) is 0 Å². The van der Waals surface area contributed by atoms with E-state index in [-0.39, 0.29) is 0 Å². The number of rotatable bonds is 2. The standard InChI is InChI=1S/C11H17B/c1-9(2)10-5-7-11(8-6-10)12(3)4/h5-9H,1-4H3. The molecule has 0 radical (unpaired) electrons. The molecule has 0 aromatic heterocycles. The van der Waals surface area contributed by atoms with Crippen LogP contribution in [0.3, 0.4) is 0 Å². The molecule has 0 saturated heterocycles. The Bertz CT molecular complexity index is 207. The summed E-state index contributed by atoms with van der Waals surface area (Å²) in [5.41, 5.74) is 2.86. The number of benzene rings is 1. The van der Waals surface area contributed by atoms with Gasteiger partial charge in [-0.05, 0) is 11.5 Å². The third-order valence-electron chi connectivity index (χ3n) is 2.27. The minimum Gasteiger partial charge on any atom is -0.0819 e. The molecule has 1 rings (SSSR count). The molecule has 0 saturated carbocycles. The molecular weight excluding hydrogens is 143 g/mol. The van der Waals surface area contributed by atoms with Gasteiger partial charge < -0.3 is 0 Å². The molecule has 0 nitrogen and oxygen atoms in total. The Labute approximate surface area is 76.1 Å². The Kier molecular flexibility index (Phi) is 2.96. The van der Waals surface area contributed by atoms with Crippen molar-refractivity contribution in [2.75, 3.05) is 0 Å². The van der Waals surface area contributed by atoms with Crippen molar-refractivity contribution >= 4 is 12.2 Å². The van der Waals surface area contributed by atoms with Gasteiger partial charge in [0.1, 0.15) is 0 Å². The lowest BCUT2D eigenvalue weighted by Crippen LogP contribution is -2.21. The molecule has 64 valence electrons. The van der Waals surface area contributed by atoms with Crippen molar-refractivity contribution in [3.05, 3.63) is 29.8 Å². The third-order valence-corrected chi connectivity index (χ3v) is 2.27. The van der Waals surface area contributed by atoms with E-state index in [9.17, 15) is 0 Å². The van der Waals surface area contributed by atoms with Gasteiger partial charge in [0.05, 0.1) is 0 Å². The summed E-state index contributed by atoms with van der Waals surface area (Å²) in [5, 5.41) is 0. The highest BCUT2D eigenvalue weighted by Crippen LogP contribution is 2.11. The minimum atomic E-state index is 0.645. The van der Waals surface area contributed by atoms with Crippen molar-refractivity contribution in [2.45, 2.75) is 33.4 Å². The van der Waals surface area contributed by atoms with Gasteiger partial charge in [0, 0.05) is 0 Å². The molecule has 0 aliphatic rings. The third kappa shape index (κ3) is 2.13. The smallest absolute Gasteiger partial charge is 0.0819 e. The highest BCUT2D eigenvalue weighted by Gasteiger charge is 2.03. The average Bonchev–Trinajstić information content (AvgIpc) is 2.04. The van der Waals surface area contributed by atoms with Crippen molar-refractivity contribution in [2.24, 2.45) is 0 Å². The van der Waals surface area contributed by atoms with Crippen LogP contribution in [0, 0.1) is 0 Å². The Hall–Kier alpha value is -0.715. The van der Waals surface area contributed by atoms with Crippen LogP contribution >= 0.6 is 0 Å². The molecule has 0 bridgehead atoms. The van der Waals surface area contributed by atoms with Crippen molar-refractivity contribution in [3.8, 4) is 0 Å². The van der Waals surface area contributed by atoms with Gasteiger partial charge in [-0.3, -0.25) is 0 Å². The van der Waals surface area contributed by atoms with Crippen molar-refractivity contribution in [1.82, 2.24) is 0 Å². The average molecular weight is 160 g/mol. The van der Waals surface area contributed by atoms with Gasteiger partial charge in [-0.15, -0.1) is 0 Å². The first-order chi connectivity index (χ1) is 5.61. The molecule has 0 fully saturated rings. The van der Waals surface area contributed by atoms with Crippen LogP contribution in [-0.2, 0) is 0 Å². The van der Waals surface area contributed by atoms with Crippen LogP contribution in [0.1, 0.15) is 25.3 Å². The normalized spacial score (nSPS) is 10.4. The Morgan fingerprint density at radius 2 is 1.50 bits per heavy atom. The molecule has 0 atom stereocenters. The fourth-order valence-electron chi connectivity index (χ4n) is 1.27. The van der Waals surface area contributed by atoms with Crippen LogP contribution in [0.25, 0.3) is 0 Å². The largest absolute Gasteiger partial charge is 0.169 e. The minimum absolute atomic E-state index is 0.645. The van der Waals surface area contributed by atoms with E-state index in [1.54, 1.807) is 0 Å². The summed E-state index contributed by atoms with van der Waals surface area (Å²) < 4.78 is 0. The topological polar surface area (TPSA) is 0 Å². The molecule has 0 aliphatic heterocycles. The summed E-state index contributed by atoms with van der Waals surface area (Å²) in [4.78, 5) is 0. The maximum Gasteiger partial charge on any atom is 0.169 e. The molecule has 1 aromatic carbocycles. The van der Waals surface area contributed by atoms with Crippen LogP contribution in [0.5, 0.6) is 0 Å². The highest BCUT2D eigenvalue weighted by molar-refractivity contribution is 6.70. The van der Waals surface area contributed by atoms with E-state index >= 15 is 0 Å². The number of hydrogen-bond acceptors (Lipinski definition) is 0. The quantitative estimate of drug-likeness (QED) is 0.583. The van der Waals surface area contributed by atoms with Crippen LogP contribution in [0.15, 0.2) is 24.3 Å². The fourth-order valence-corrected chi connectivity index (χ4v) is 1.27. The van der Waals surface area contributed by atoms with E-state index in [1.807, 2.05) is 0 Å². The summed E-state index contributed by atoms with van der Waals surface area (Å²) in [7, 11) is 0. The molecule has 0 aliphatic carbocycles. The van der Waals surface area contributed by atoms with Gasteiger partial charge in [0.15, 0.2) is 6.71 Å². The van der Waals surface area contributed by atoms with Gasteiger partial charge in [-0.1, -0.05) is 57.2 Å². The Morgan fingerprint density at radius 3 is 1.83 bits per heavy atom. The molecule has 0 unspecified atom stereocenters. The second-order valence-corrected chi connectivity index (χ2v) is 3.98. The zero-order valence-corrected chi connectivity index (χ0v) is 8.46. The SMILES string of the molecule is CB(C)c1ccc(C(C)C)cc1. The monoisotopic (exact) mass is 160 g/mol. The second-order valence-electron chi connectivity index (χ2n) is 3.98. The predicted molar refractivity (Wildman–Crippen MR) is 57.6 cm³/mol. The van der Waals surface area contributed by atoms with Crippen LogP contribution in [0.2, 0.25) is 13.6 Å². The van der Waals surface area contributed by atoms with E-state index in [4.69, 9.17) is 0 Å². The van der Waals surface area contributed by atoms with Gasteiger partial charge in [0.25, 0.3) is 0 Å². The summed E-state index contributed by atoms with van der Waals surface area (Å²) in [6, 6.07) is 8.94. The fraction of sp³-hybridized carbons (Fsp3) is 0.455. The van der Waals surface area contributed by atoms with E-state index < -0.39 is 0 Å². The Balaban J connectivity index is 2.86. The zero-order valence-electron chi connectivity index (χ0n) is 8.46. The summed E-state index contributed by atoms with van der Waals surface area (Å²) in [6.45, 7) is 9.55. The van der Waals surface area contributed by atoms with Gasteiger partial charge in [-0.25, -0.2) is 0 Å². The first kappa shape index (κ1) is 9.37. The summed E-state index contributed by atoms with van der Waals surface area (Å²) in [5.74, 6) is 0.645. The van der Waals surface area contributed by atoms with Crippen LogP contribution in [0.4, 0.5) is 0 Å². The molecule has 0 N–H and O–H groups in total. The maximum absolute atomic E-state index is 2.24. The zero-order chi connectivity index (χ0) is 9.14. The van der Waals surface area contributed by atoms with E-state index in [0.29, 0.717) is 12.6 Å². The molecule has 0 spiro atoms. The molecule has 0 heterocycles. The molecule has 1 aromatic rings. The lowest BCUT2D eigenvalue weighted by Gasteiger charge is -2.07. The maximum atomic E-state index is 2.24. The lowest BCUT2D eigenvalue weighted by atomic mass is 9.49. The van der Waals surface area contributed by atoms with Gasteiger partial charge in [0.2, 0.25) is 0 Å². The summed E-state index contributed by atoms with van der Waals surface area (Å²) in [6.07, 6.45) is 0. The first-order valence-electron chi connectivity index (χ1n) is 4.71. The van der Waals surface area contributed by atoms with Crippen LogP contribution in [-0.4, -0.2) is 6.71 Å². The number of hydrogen-bond donors (Lipinski definition) is 0. The molecule has 12 heavy (non-hydrogen) atoms. The summed E-state index contributed by atoms with van der Waals surface area (Å²) >= 11 is 0. The van der Waals surface area contributed by atoms with Gasteiger partial charge >= 0.3 is 0 Å². The van der Waals surface area contributed by atoms with Crippen molar-refractivity contribution in [1.29, 1.82) is 0 Å². The second kappa shape index (κ2) is 3.80. The first-order valence-corrected chi connectivity index (χ1v) is 4.71. The lowest BCUT2D eigenvalue weighted by molar-refractivity contribution is 0.867. The van der Waals surface area contributed by atoms with Crippen LogP contribution < -0.4 is 5.46 Å². The molecule has 0 amide bonds. The Morgan fingerprint density at radius 1 is 1.00 bits per heavy atom. The van der Waals surface area contributed by atoms with E-state index in [0.717, 1.165) is 0 Å².